The Balaban J connectivity index is 4.57. The van der Waals surface area contributed by atoms with Crippen molar-refractivity contribution in [2.24, 2.45) is 0 Å². The number of aliphatic hydroxyl groups excluding tert-OH is 2. The van der Waals surface area contributed by atoms with E-state index in [4.69, 9.17) is 4.74 Å². The number of amides is 1. The van der Waals surface area contributed by atoms with Crippen molar-refractivity contribution in [3.05, 3.63) is 24.3 Å². The Kier molecular flexibility index (Phi) is 43.1. The minimum atomic E-state index is -0.786. The normalized spacial score (nSPS) is 13.4. The molecule has 0 aliphatic carbocycles. The molecule has 0 bridgehead atoms. The molecule has 0 saturated carbocycles. The molecule has 0 saturated heterocycles. The van der Waals surface area contributed by atoms with Gasteiger partial charge in [-0.15, -0.1) is 0 Å². The molecule has 0 aromatic carbocycles. The van der Waals surface area contributed by atoms with E-state index < -0.39 is 18.2 Å². The molecule has 0 spiro atoms. The zero-order valence-electron chi connectivity index (χ0n) is 37.5. The number of esters is 1. The van der Waals surface area contributed by atoms with Gasteiger partial charge in [-0.25, -0.2) is 0 Å². The predicted octanol–water partition coefficient (Wildman–Crippen LogP) is 14.3. The van der Waals surface area contributed by atoms with E-state index in [0.29, 0.717) is 19.3 Å². The van der Waals surface area contributed by atoms with E-state index in [1.807, 2.05) is 0 Å². The molecule has 0 aromatic heterocycles. The first-order valence-corrected chi connectivity index (χ1v) is 24.6. The first-order chi connectivity index (χ1) is 27.5. The van der Waals surface area contributed by atoms with Gasteiger partial charge in [0.25, 0.3) is 0 Å². The number of allylic oxidation sites excluding steroid dienone is 4. The van der Waals surface area contributed by atoms with Gasteiger partial charge in [0.05, 0.1) is 25.2 Å². The summed E-state index contributed by atoms with van der Waals surface area (Å²) in [5.41, 5.74) is 0. The minimum absolute atomic E-state index is 0.0719. The maximum atomic E-state index is 13.2. The van der Waals surface area contributed by atoms with E-state index in [2.05, 4.69) is 50.4 Å². The van der Waals surface area contributed by atoms with Crippen molar-refractivity contribution in [1.82, 2.24) is 5.32 Å². The van der Waals surface area contributed by atoms with Crippen LogP contribution in [0, 0.1) is 0 Å². The second-order valence-electron chi connectivity index (χ2n) is 16.9. The van der Waals surface area contributed by atoms with Gasteiger partial charge in [0, 0.05) is 6.42 Å². The SMILES string of the molecule is CCCC/C=C\CCCCCCCC(=O)OC(CCCCCCC/C=C\CCCCCC)CC(=O)NC(CO)C(O)CCCCCCCCCCCCCCC. The second-order valence-corrected chi connectivity index (χ2v) is 16.9. The number of aliphatic hydroxyl groups is 2. The summed E-state index contributed by atoms with van der Waals surface area (Å²) < 4.78 is 5.91. The van der Waals surface area contributed by atoms with Crippen molar-refractivity contribution in [3.8, 4) is 0 Å². The fourth-order valence-corrected chi connectivity index (χ4v) is 7.46. The third-order valence-electron chi connectivity index (χ3n) is 11.3. The number of hydrogen-bond donors (Lipinski definition) is 3. The van der Waals surface area contributed by atoms with Gasteiger partial charge in [0.15, 0.2) is 0 Å². The highest BCUT2D eigenvalue weighted by molar-refractivity contribution is 5.77. The smallest absolute Gasteiger partial charge is 0.306 e. The summed E-state index contributed by atoms with van der Waals surface area (Å²) in [6.45, 7) is 6.43. The molecule has 0 aliphatic rings. The van der Waals surface area contributed by atoms with Crippen molar-refractivity contribution in [2.75, 3.05) is 6.61 Å². The zero-order chi connectivity index (χ0) is 41.0. The summed E-state index contributed by atoms with van der Waals surface area (Å²) in [6.07, 6.45) is 49.4. The molecular formula is C50H95NO5. The van der Waals surface area contributed by atoms with E-state index in [-0.39, 0.29) is 24.9 Å². The Hall–Kier alpha value is -1.66. The molecule has 6 heteroatoms. The molecule has 0 aliphatic heterocycles. The number of unbranched alkanes of at least 4 members (excludes halogenated alkanes) is 28. The summed E-state index contributed by atoms with van der Waals surface area (Å²) in [4.78, 5) is 26.0. The maximum Gasteiger partial charge on any atom is 0.306 e. The van der Waals surface area contributed by atoms with Gasteiger partial charge >= 0.3 is 5.97 Å². The lowest BCUT2D eigenvalue weighted by atomic mass is 10.0. The highest BCUT2D eigenvalue weighted by Crippen LogP contribution is 2.18. The molecule has 0 fully saturated rings. The van der Waals surface area contributed by atoms with Crippen LogP contribution in [0.5, 0.6) is 0 Å². The van der Waals surface area contributed by atoms with Gasteiger partial charge in [0.2, 0.25) is 5.91 Å². The fraction of sp³-hybridized carbons (Fsp3) is 0.880. The van der Waals surface area contributed by atoms with Crippen LogP contribution in [-0.4, -0.2) is 46.9 Å². The summed E-state index contributed by atoms with van der Waals surface area (Å²) in [5.74, 6) is -0.485. The highest BCUT2D eigenvalue weighted by atomic mass is 16.5. The molecule has 0 aromatic rings. The van der Waals surface area contributed by atoms with Gasteiger partial charge in [0.1, 0.15) is 6.10 Å². The van der Waals surface area contributed by atoms with Crippen LogP contribution in [-0.2, 0) is 14.3 Å². The quantitative estimate of drug-likeness (QED) is 0.0324. The molecule has 3 unspecified atom stereocenters. The molecule has 6 nitrogen and oxygen atoms in total. The summed E-state index contributed by atoms with van der Waals surface area (Å²) >= 11 is 0. The van der Waals surface area contributed by atoms with Crippen LogP contribution in [0.25, 0.3) is 0 Å². The Morgan fingerprint density at radius 2 is 0.875 bits per heavy atom. The molecule has 0 radical (unpaired) electrons. The van der Waals surface area contributed by atoms with Crippen LogP contribution in [0.1, 0.15) is 258 Å². The topological polar surface area (TPSA) is 95.9 Å². The summed E-state index contributed by atoms with van der Waals surface area (Å²) in [5, 5.41) is 23.7. The third kappa shape index (κ3) is 39.2. The first kappa shape index (κ1) is 54.3. The highest BCUT2D eigenvalue weighted by Gasteiger charge is 2.24. The zero-order valence-corrected chi connectivity index (χ0v) is 37.5. The van der Waals surface area contributed by atoms with Crippen LogP contribution in [0.3, 0.4) is 0 Å². The largest absolute Gasteiger partial charge is 0.462 e. The Morgan fingerprint density at radius 1 is 0.500 bits per heavy atom. The van der Waals surface area contributed by atoms with Crippen LogP contribution in [0.15, 0.2) is 24.3 Å². The van der Waals surface area contributed by atoms with Gasteiger partial charge in [-0.2, -0.15) is 0 Å². The lowest BCUT2D eigenvalue weighted by Gasteiger charge is -2.24. The Morgan fingerprint density at radius 3 is 1.34 bits per heavy atom. The van der Waals surface area contributed by atoms with Gasteiger partial charge in [-0.05, 0) is 70.6 Å². The third-order valence-corrected chi connectivity index (χ3v) is 11.3. The van der Waals surface area contributed by atoms with Crippen molar-refractivity contribution < 1.29 is 24.5 Å². The maximum absolute atomic E-state index is 13.2. The Labute approximate surface area is 348 Å². The lowest BCUT2D eigenvalue weighted by Crippen LogP contribution is -2.46. The van der Waals surface area contributed by atoms with Gasteiger partial charge in [-0.1, -0.05) is 199 Å². The number of carbonyl (C=O) groups is 2. The van der Waals surface area contributed by atoms with Crippen LogP contribution < -0.4 is 5.32 Å². The van der Waals surface area contributed by atoms with Crippen LogP contribution >= 0.6 is 0 Å². The molecule has 3 N–H and O–H groups in total. The standard InChI is InChI=1S/C50H95NO5/c1-4-7-10-13-16-19-22-24-27-29-32-35-38-41-46(56-50(55)43-40-37-34-31-26-21-18-15-12-9-6-3)44-49(54)51-47(45-52)48(53)42-39-36-33-30-28-25-23-20-17-14-11-8-5-2/h15,18-19,22,46-48,52-53H,4-14,16-17,20-21,23-45H2,1-3H3,(H,51,54)/b18-15-,22-19-. The lowest BCUT2D eigenvalue weighted by molar-refractivity contribution is -0.151. The average Bonchev–Trinajstić information content (AvgIpc) is 3.19. The first-order valence-electron chi connectivity index (χ1n) is 24.6. The molecule has 0 rings (SSSR count). The molecule has 56 heavy (non-hydrogen) atoms. The molecule has 0 heterocycles. The van der Waals surface area contributed by atoms with Gasteiger partial charge in [-0.3, -0.25) is 9.59 Å². The minimum Gasteiger partial charge on any atom is -0.462 e. The van der Waals surface area contributed by atoms with Crippen LogP contribution in [0.4, 0.5) is 0 Å². The fourth-order valence-electron chi connectivity index (χ4n) is 7.46. The monoisotopic (exact) mass is 790 g/mol. The van der Waals surface area contributed by atoms with E-state index in [1.165, 1.54) is 148 Å². The van der Waals surface area contributed by atoms with Crippen molar-refractivity contribution >= 4 is 11.9 Å². The van der Waals surface area contributed by atoms with Crippen molar-refractivity contribution in [1.29, 1.82) is 0 Å². The predicted molar refractivity (Wildman–Crippen MR) is 241 cm³/mol. The molecule has 330 valence electrons. The average molecular weight is 790 g/mol. The number of hydrogen-bond acceptors (Lipinski definition) is 5. The van der Waals surface area contributed by atoms with E-state index >= 15 is 0 Å². The van der Waals surface area contributed by atoms with Crippen LogP contribution in [0.2, 0.25) is 0 Å². The second kappa shape index (κ2) is 44.4. The summed E-state index contributed by atoms with van der Waals surface area (Å²) in [6, 6.07) is -0.701. The summed E-state index contributed by atoms with van der Waals surface area (Å²) in [7, 11) is 0. The number of ether oxygens (including phenoxy) is 1. The molecule has 3 atom stereocenters. The van der Waals surface area contributed by atoms with E-state index in [9.17, 15) is 19.8 Å². The number of rotatable bonds is 44. The van der Waals surface area contributed by atoms with E-state index in [0.717, 1.165) is 64.2 Å². The Bertz CT molecular complexity index is 889. The van der Waals surface area contributed by atoms with E-state index in [1.54, 1.807) is 0 Å². The number of carbonyl (C=O) groups excluding carboxylic acids is 2. The molecule has 1 amide bonds. The van der Waals surface area contributed by atoms with Gasteiger partial charge < -0.3 is 20.3 Å². The molecular weight excluding hydrogens is 695 g/mol. The van der Waals surface area contributed by atoms with Crippen molar-refractivity contribution in [2.45, 2.75) is 277 Å². The number of nitrogens with one attached hydrogen (secondary N) is 1. The van der Waals surface area contributed by atoms with Crippen molar-refractivity contribution in [3.63, 3.8) is 0 Å².